The van der Waals surface area contributed by atoms with Crippen LogP contribution in [0.3, 0.4) is 0 Å². The molecular weight excluding hydrogens is 326 g/mol. The van der Waals surface area contributed by atoms with E-state index in [2.05, 4.69) is 25.3 Å². The fraction of sp³-hybridized carbons (Fsp3) is 0.438. The normalized spacial score (nSPS) is 25.1. The zero-order valence-corrected chi connectivity index (χ0v) is 13.8. The van der Waals surface area contributed by atoms with Gasteiger partial charge in [-0.15, -0.1) is 11.3 Å². The molecule has 8 heteroatoms. The molecule has 2 fully saturated rings. The smallest absolute Gasteiger partial charge is 0.150 e. The topological polar surface area (TPSA) is 65.3 Å². The lowest BCUT2D eigenvalue weighted by Gasteiger charge is -2.19. The first-order valence-corrected chi connectivity index (χ1v) is 8.92. The van der Waals surface area contributed by atoms with Gasteiger partial charge in [0.2, 0.25) is 0 Å². The molecular formula is C16H17N5O2S. The highest BCUT2D eigenvalue weighted by atomic mass is 32.1. The van der Waals surface area contributed by atoms with Gasteiger partial charge in [0.15, 0.2) is 0 Å². The van der Waals surface area contributed by atoms with Crippen LogP contribution in [-0.4, -0.2) is 58.3 Å². The maximum absolute atomic E-state index is 6.14. The van der Waals surface area contributed by atoms with Gasteiger partial charge in [-0.05, 0) is 17.5 Å². The molecule has 0 amide bonds. The van der Waals surface area contributed by atoms with Gasteiger partial charge in [-0.3, -0.25) is 4.68 Å². The van der Waals surface area contributed by atoms with Gasteiger partial charge < -0.3 is 14.4 Å². The van der Waals surface area contributed by atoms with Gasteiger partial charge in [0.05, 0.1) is 29.5 Å². The predicted molar refractivity (Wildman–Crippen MR) is 90.4 cm³/mol. The zero-order valence-electron chi connectivity index (χ0n) is 13.0. The molecule has 24 heavy (non-hydrogen) atoms. The third-order valence-corrected chi connectivity index (χ3v) is 5.54. The molecule has 0 N–H and O–H groups in total. The predicted octanol–water partition coefficient (Wildman–Crippen LogP) is 1.73. The maximum Gasteiger partial charge on any atom is 0.150 e. The van der Waals surface area contributed by atoms with Crippen LogP contribution in [-0.2, 0) is 9.47 Å². The first kappa shape index (κ1) is 14.3. The zero-order chi connectivity index (χ0) is 15.9. The molecule has 0 aliphatic carbocycles. The van der Waals surface area contributed by atoms with E-state index < -0.39 is 0 Å². The Balaban J connectivity index is 1.34. The molecule has 2 saturated heterocycles. The van der Waals surface area contributed by atoms with E-state index in [-0.39, 0.29) is 18.2 Å². The number of aromatic nitrogens is 4. The summed E-state index contributed by atoms with van der Waals surface area (Å²) in [6.45, 7) is 2.82. The molecule has 2 aliphatic heterocycles. The van der Waals surface area contributed by atoms with Crippen molar-refractivity contribution in [3.05, 3.63) is 36.2 Å². The SMILES string of the molecule is c1cnn(C2CO[C@H]3CN(c4ncnc5ccsc45)C[C@@H]3OC2)c1. The second-order valence-electron chi connectivity index (χ2n) is 6.12. The van der Waals surface area contributed by atoms with Crippen molar-refractivity contribution in [1.29, 1.82) is 0 Å². The van der Waals surface area contributed by atoms with Crippen LogP contribution >= 0.6 is 11.3 Å². The van der Waals surface area contributed by atoms with Crippen LogP contribution in [0.2, 0.25) is 0 Å². The molecule has 5 rings (SSSR count). The summed E-state index contributed by atoms with van der Waals surface area (Å²) in [5, 5.41) is 6.35. The van der Waals surface area contributed by atoms with Crippen molar-refractivity contribution in [2.24, 2.45) is 0 Å². The van der Waals surface area contributed by atoms with Crippen LogP contribution in [0.25, 0.3) is 10.2 Å². The van der Waals surface area contributed by atoms with Crippen molar-refractivity contribution in [1.82, 2.24) is 19.7 Å². The van der Waals surface area contributed by atoms with E-state index in [9.17, 15) is 0 Å². The number of nitrogens with zero attached hydrogens (tertiary/aromatic N) is 5. The minimum Gasteiger partial charge on any atom is -0.371 e. The Bertz CT molecular complexity index is 820. The van der Waals surface area contributed by atoms with Crippen LogP contribution in [0.1, 0.15) is 6.04 Å². The van der Waals surface area contributed by atoms with E-state index in [0.717, 1.165) is 29.1 Å². The van der Waals surface area contributed by atoms with Crippen LogP contribution in [0.15, 0.2) is 36.2 Å². The van der Waals surface area contributed by atoms with E-state index in [0.29, 0.717) is 13.2 Å². The lowest BCUT2D eigenvalue weighted by Crippen LogP contribution is -2.27. The highest BCUT2D eigenvalue weighted by Crippen LogP contribution is 2.32. The standard InChI is InChI=1S/C16H17N5O2S/c1-3-19-21(4-1)11-8-22-13-6-20(7-14(13)23-9-11)16-15-12(2-5-24-15)17-10-18-16/h1-5,10-11,13-14H,6-9H2/t13-,14-/m0/s1. The fourth-order valence-corrected chi connectivity index (χ4v) is 4.27. The van der Waals surface area contributed by atoms with Crippen LogP contribution in [0.4, 0.5) is 5.82 Å². The van der Waals surface area contributed by atoms with E-state index >= 15 is 0 Å². The molecule has 0 bridgehead atoms. The van der Waals surface area contributed by atoms with Gasteiger partial charge in [-0.2, -0.15) is 5.10 Å². The summed E-state index contributed by atoms with van der Waals surface area (Å²) in [5.41, 5.74) is 0.998. The van der Waals surface area contributed by atoms with Gasteiger partial charge in [0.25, 0.3) is 0 Å². The summed E-state index contributed by atoms with van der Waals surface area (Å²) >= 11 is 1.68. The largest absolute Gasteiger partial charge is 0.371 e. The number of hydrogen-bond acceptors (Lipinski definition) is 7. The van der Waals surface area contributed by atoms with Gasteiger partial charge >= 0.3 is 0 Å². The molecule has 3 aromatic heterocycles. The number of fused-ring (bicyclic) bond motifs is 2. The summed E-state index contributed by atoms with van der Waals surface area (Å²) in [6, 6.07) is 4.10. The quantitative estimate of drug-likeness (QED) is 0.706. The monoisotopic (exact) mass is 343 g/mol. The van der Waals surface area contributed by atoms with E-state index in [4.69, 9.17) is 9.47 Å². The Morgan fingerprint density at radius 1 is 1.12 bits per heavy atom. The molecule has 124 valence electrons. The average Bonchev–Trinajstić information content (AvgIpc) is 3.33. The van der Waals surface area contributed by atoms with Gasteiger partial charge in [0, 0.05) is 25.5 Å². The first-order chi connectivity index (χ1) is 11.9. The van der Waals surface area contributed by atoms with Gasteiger partial charge in [0.1, 0.15) is 24.4 Å². The molecule has 0 saturated carbocycles. The second-order valence-corrected chi connectivity index (χ2v) is 7.04. The van der Waals surface area contributed by atoms with Crippen LogP contribution in [0.5, 0.6) is 0 Å². The molecule has 2 aliphatic rings. The van der Waals surface area contributed by atoms with E-state index in [1.54, 1.807) is 23.9 Å². The molecule has 0 aromatic carbocycles. The molecule has 7 nitrogen and oxygen atoms in total. The summed E-state index contributed by atoms with van der Waals surface area (Å²) < 4.78 is 15.3. The van der Waals surface area contributed by atoms with E-state index in [1.807, 2.05) is 23.0 Å². The summed E-state index contributed by atoms with van der Waals surface area (Å²) in [7, 11) is 0. The summed E-state index contributed by atoms with van der Waals surface area (Å²) in [4.78, 5) is 11.1. The third kappa shape index (κ3) is 2.38. The number of hydrogen-bond donors (Lipinski definition) is 0. The number of rotatable bonds is 2. The summed E-state index contributed by atoms with van der Waals surface area (Å²) in [6.07, 6.45) is 5.51. The van der Waals surface area contributed by atoms with Crippen molar-refractivity contribution in [2.75, 3.05) is 31.2 Å². The summed E-state index contributed by atoms with van der Waals surface area (Å²) in [5.74, 6) is 0.985. The third-order valence-electron chi connectivity index (χ3n) is 4.64. The van der Waals surface area contributed by atoms with E-state index in [1.165, 1.54) is 0 Å². The minimum atomic E-state index is 0.0653. The highest BCUT2D eigenvalue weighted by Gasteiger charge is 2.38. The molecule has 2 atom stereocenters. The Kier molecular flexibility index (Phi) is 3.46. The number of ether oxygens (including phenoxy) is 2. The first-order valence-electron chi connectivity index (χ1n) is 8.04. The van der Waals surface area contributed by atoms with Crippen LogP contribution in [0, 0.1) is 0 Å². The maximum atomic E-state index is 6.14. The molecule has 0 unspecified atom stereocenters. The minimum absolute atomic E-state index is 0.0653. The van der Waals surface area contributed by atoms with Crippen molar-refractivity contribution in [2.45, 2.75) is 18.2 Å². The molecule has 0 spiro atoms. The van der Waals surface area contributed by atoms with Gasteiger partial charge in [-0.1, -0.05) is 0 Å². The second kappa shape index (κ2) is 5.80. The van der Waals surface area contributed by atoms with Crippen molar-refractivity contribution in [3.8, 4) is 0 Å². The molecule has 0 radical (unpaired) electrons. The Morgan fingerprint density at radius 2 is 1.96 bits per heavy atom. The molecule has 3 aromatic rings. The fourth-order valence-electron chi connectivity index (χ4n) is 3.41. The average molecular weight is 343 g/mol. The number of thiophene rings is 1. The van der Waals surface area contributed by atoms with Crippen molar-refractivity contribution in [3.63, 3.8) is 0 Å². The highest BCUT2D eigenvalue weighted by molar-refractivity contribution is 7.17. The lowest BCUT2D eigenvalue weighted by atomic mass is 10.3. The van der Waals surface area contributed by atoms with Crippen LogP contribution < -0.4 is 4.90 Å². The Hall–Kier alpha value is -2.03. The Labute approximate surface area is 142 Å². The van der Waals surface area contributed by atoms with Gasteiger partial charge in [-0.25, -0.2) is 9.97 Å². The van der Waals surface area contributed by atoms with Crippen molar-refractivity contribution >= 4 is 27.4 Å². The van der Waals surface area contributed by atoms with Crippen molar-refractivity contribution < 1.29 is 9.47 Å². The number of anilines is 1. The molecule has 5 heterocycles. The lowest BCUT2D eigenvalue weighted by molar-refractivity contribution is -0.00461. The Morgan fingerprint density at radius 3 is 2.71 bits per heavy atom.